The SMILES string of the molecule is CSCC1COc2ccc3c(c2C1=O)CCCC3. The Morgan fingerprint density at radius 3 is 3.00 bits per heavy atom. The van der Waals surface area contributed by atoms with E-state index in [1.807, 2.05) is 12.3 Å². The molecule has 0 spiro atoms. The molecule has 0 radical (unpaired) electrons. The van der Waals surface area contributed by atoms with Gasteiger partial charge in [-0.1, -0.05) is 6.07 Å². The van der Waals surface area contributed by atoms with E-state index in [-0.39, 0.29) is 5.92 Å². The average molecular weight is 262 g/mol. The van der Waals surface area contributed by atoms with Crippen molar-refractivity contribution in [3.8, 4) is 5.75 Å². The standard InChI is InChI=1S/C15H18O2S/c1-18-9-11-8-17-13-7-6-10-4-2-3-5-12(10)14(13)15(11)16/h6-7,11H,2-5,8-9H2,1H3. The van der Waals surface area contributed by atoms with Crippen molar-refractivity contribution in [3.05, 3.63) is 28.8 Å². The molecule has 1 atom stereocenters. The molecule has 0 saturated carbocycles. The Labute approximate surface area is 112 Å². The van der Waals surface area contributed by atoms with Crippen LogP contribution >= 0.6 is 11.8 Å². The number of carbonyl (C=O) groups is 1. The second-order valence-corrected chi connectivity index (χ2v) is 6.02. The van der Waals surface area contributed by atoms with Crippen molar-refractivity contribution in [2.24, 2.45) is 5.92 Å². The fraction of sp³-hybridized carbons (Fsp3) is 0.533. The summed E-state index contributed by atoms with van der Waals surface area (Å²) in [4.78, 5) is 12.6. The van der Waals surface area contributed by atoms with Gasteiger partial charge in [-0.05, 0) is 49.1 Å². The number of ether oxygens (including phenoxy) is 1. The lowest BCUT2D eigenvalue weighted by Crippen LogP contribution is -2.31. The van der Waals surface area contributed by atoms with E-state index in [9.17, 15) is 4.79 Å². The number of hydrogen-bond donors (Lipinski definition) is 0. The molecule has 0 amide bonds. The van der Waals surface area contributed by atoms with Gasteiger partial charge < -0.3 is 4.74 Å². The van der Waals surface area contributed by atoms with Crippen LogP contribution in [0.25, 0.3) is 0 Å². The van der Waals surface area contributed by atoms with Gasteiger partial charge >= 0.3 is 0 Å². The molecule has 0 aromatic heterocycles. The molecule has 0 N–H and O–H groups in total. The molecule has 0 fully saturated rings. The molecule has 18 heavy (non-hydrogen) atoms. The predicted octanol–water partition coefficient (Wildman–Crippen LogP) is 3.12. The Bertz CT molecular complexity index is 482. The molecule has 0 bridgehead atoms. The molecule has 0 saturated heterocycles. The molecule has 1 aliphatic carbocycles. The van der Waals surface area contributed by atoms with Gasteiger partial charge in [-0.15, -0.1) is 0 Å². The summed E-state index contributed by atoms with van der Waals surface area (Å²) in [6, 6.07) is 4.14. The lowest BCUT2D eigenvalue weighted by molar-refractivity contribution is 0.0851. The van der Waals surface area contributed by atoms with Crippen molar-refractivity contribution in [1.82, 2.24) is 0 Å². The Hall–Kier alpha value is -0.960. The first-order valence-electron chi connectivity index (χ1n) is 6.62. The maximum atomic E-state index is 12.6. The highest BCUT2D eigenvalue weighted by molar-refractivity contribution is 7.98. The van der Waals surface area contributed by atoms with E-state index in [0.717, 1.165) is 29.9 Å². The van der Waals surface area contributed by atoms with Crippen LogP contribution < -0.4 is 4.74 Å². The molecule has 2 aliphatic rings. The summed E-state index contributed by atoms with van der Waals surface area (Å²) in [6.07, 6.45) is 6.64. The zero-order valence-corrected chi connectivity index (χ0v) is 11.5. The fourth-order valence-electron chi connectivity index (χ4n) is 2.99. The molecule has 96 valence electrons. The van der Waals surface area contributed by atoms with Gasteiger partial charge in [0.15, 0.2) is 5.78 Å². The van der Waals surface area contributed by atoms with Crippen LogP contribution in [-0.2, 0) is 12.8 Å². The van der Waals surface area contributed by atoms with Gasteiger partial charge in [0, 0.05) is 5.75 Å². The zero-order chi connectivity index (χ0) is 12.5. The highest BCUT2D eigenvalue weighted by Gasteiger charge is 2.32. The monoisotopic (exact) mass is 262 g/mol. The van der Waals surface area contributed by atoms with Crippen LogP contribution in [0.1, 0.15) is 34.3 Å². The van der Waals surface area contributed by atoms with Crippen LogP contribution in [0.2, 0.25) is 0 Å². The summed E-state index contributed by atoms with van der Waals surface area (Å²) in [5.74, 6) is 2.03. The van der Waals surface area contributed by atoms with Gasteiger partial charge in [0.1, 0.15) is 5.75 Å². The molecule has 1 aromatic rings. The second-order valence-electron chi connectivity index (χ2n) is 5.11. The number of Topliss-reactive ketones (excluding diaryl/α,β-unsaturated/α-hetero) is 1. The number of ketones is 1. The topological polar surface area (TPSA) is 26.3 Å². The van der Waals surface area contributed by atoms with Crippen molar-refractivity contribution in [2.45, 2.75) is 25.7 Å². The minimum absolute atomic E-state index is 0.0425. The fourth-order valence-corrected chi connectivity index (χ4v) is 3.64. The first-order valence-corrected chi connectivity index (χ1v) is 8.01. The largest absolute Gasteiger partial charge is 0.492 e. The molecular formula is C15H18O2S. The first kappa shape index (κ1) is 12.1. The molecule has 3 rings (SSSR count). The Morgan fingerprint density at radius 1 is 1.33 bits per heavy atom. The molecule has 1 aliphatic heterocycles. The minimum atomic E-state index is 0.0425. The summed E-state index contributed by atoms with van der Waals surface area (Å²) in [5.41, 5.74) is 3.54. The third kappa shape index (κ3) is 1.95. The van der Waals surface area contributed by atoms with Crippen LogP contribution in [0.5, 0.6) is 5.75 Å². The molecule has 3 heteroatoms. The molecule has 1 heterocycles. The van der Waals surface area contributed by atoms with E-state index in [1.165, 1.54) is 24.0 Å². The van der Waals surface area contributed by atoms with Crippen molar-refractivity contribution in [2.75, 3.05) is 18.6 Å². The highest BCUT2D eigenvalue weighted by Crippen LogP contribution is 2.36. The van der Waals surface area contributed by atoms with Crippen LogP contribution in [-0.4, -0.2) is 24.4 Å². The predicted molar refractivity (Wildman–Crippen MR) is 74.8 cm³/mol. The minimum Gasteiger partial charge on any atom is -0.492 e. The maximum Gasteiger partial charge on any atom is 0.174 e. The molecular weight excluding hydrogens is 244 g/mol. The number of hydrogen-bond acceptors (Lipinski definition) is 3. The number of aryl methyl sites for hydroxylation is 1. The van der Waals surface area contributed by atoms with Gasteiger partial charge in [0.05, 0.1) is 18.1 Å². The number of fused-ring (bicyclic) bond motifs is 3. The van der Waals surface area contributed by atoms with E-state index < -0.39 is 0 Å². The third-order valence-electron chi connectivity index (χ3n) is 3.92. The molecule has 1 aromatic carbocycles. The molecule has 1 unspecified atom stereocenters. The van der Waals surface area contributed by atoms with Gasteiger partial charge in [0.2, 0.25) is 0 Å². The normalized spacial score (nSPS) is 22.1. The third-order valence-corrected chi connectivity index (χ3v) is 4.66. The molecule has 2 nitrogen and oxygen atoms in total. The van der Waals surface area contributed by atoms with Crippen molar-refractivity contribution in [1.29, 1.82) is 0 Å². The Morgan fingerprint density at radius 2 is 2.17 bits per heavy atom. The lowest BCUT2D eigenvalue weighted by atomic mass is 9.83. The maximum absolute atomic E-state index is 12.6. The van der Waals surface area contributed by atoms with E-state index in [1.54, 1.807) is 11.8 Å². The van der Waals surface area contributed by atoms with Crippen LogP contribution in [0, 0.1) is 5.92 Å². The zero-order valence-electron chi connectivity index (χ0n) is 10.7. The lowest BCUT2D eigenvalue weighted by Gasteiger charge is -2.28. The Kier molecular flexibility index (Phi) is 3.33. The van der Waals surface area contributed by atoms with Gasteiger partial charge in [-0.3, -0.25) is 4.79 Å². The van der Waals surface area contributed by atoms with E-state index >= 15 is 0 Å². The Balaban J connectivity index is 2.04. The summed E-state index contributed by atoms with van der Waals surface area (Å²) in [6.45, 7) is 0.547. The van der Waals surface area contributed by atoms with E-state index in [0.29, 0.717) is 12.4 Å². The van der Waals surface area contributed by atoms with E-state index in [2.05, 4.69) is 6.07 Å². The summed E-state index contributed by atoms with van der Waals surface area (Å²) in [5, 5.41) is 0. The van der Waals surface area contributed by atoms with Crippen molar-refractivity contribution < 1.29 is 9.53 Å². The highest BCUT2D eigenvalue weighted by atomic mass is 32.2. The quantitative estimate of drug-likeness (QED) is 0.819. The van der Waals surface area contributed by atoms with Crippen molar-refractivity contribution >= 4 is 17.5 Å². The van der Waals surface area contributed by atoms with Crippen LogP contribution in [0.4, 0.5) is 0 Å². The van der Waals surface area contributed by atoms with Crippen molar-refractivity contribution in [3.63, 3.8) is 0 Å². The number of rotatable bonds is 2. The van der Waals surface area contributed by atoms with E-state index in [4.69, 9.17) is 4.74 Å². The van der Waals surface area contributed by atoms with Crippen LogP contribution in [0.15, 0.2) is 12.1 Å². The first-order chi connectivity index (χ1) is 8.81. The smallest absolute Gasteiger partial charge is 0.174 e. The summed E-state index contributed by atoms with van der Waals surface area (Å²) < 4.78 is 5.79. The van der Waals surface area contributed by atoms with Gasteiger partial charge in [-0.2, -0.15) is 11.8 Å². The summed E-state index contributed by atoms with van der Waals surface area (Å²) in [7, 11) is 0. The number of thioether (sulfide) groups is 1. The average Bonchev–Trinajstić information content (AvgIpc) is 2.41. The second kappa shape index (κ2) is 4.96. The number of benzene rings is 1. The van der Waals surface area contributed by atoms with Gasteiger partial charge in [-0.25, -0.2) is 0 Å². The van der Waals surface area contributed by atoms with Gasteiger partial charge in [0.25, 0.3) is 0 Å². The van der Waals surface area contributed by atoms with Crippen LogP contribution in [0.3, 0.4) is 0 Å². The number of carbonyl (C=O) groups excluding carboxylic acids is 1. The summed E-state index contributed by atoms with van der Waals surface area (Å²) >= 11 is 1.72.